The number of carbonyl (C=O) groups is 1. The smallest absolute Gasteiger partial charge is 0.349 e. The Hall–Kier alpha value is -2.63. The summed E-state index contributed by atoms with van der Waals surface area (Å²) in [5.41, 5.74) is 6.04. The number of nitrogens with one attached hydrogen (secondary N) is 1. The molecule has 1 aromatic carbocycles. The van der Waals surface area contributed by atoms with E-state index in [1.165, 1.54) is 12.4 Å². The van der Waals surface area contributed by atoms with E-state index in [9.17, 15) is 9.59 Å². The molecule has 84 valence electrons. The van der Waals surface area contributed by atoms with Crippen molar-refractivity contribution in [3.8, 4) is 0 Å². The van der Waals surface area contributed by atoms with Crippen molar-refractivity contribution >= 4 is 27.9 Å². The highest BCUT2D eigenvalue weighted by Gasteiger charge is 2.11. The van der Waals surface area contributed by atoms with Gasteiger partial charge in [-0.2, -0.15) is 0 Å². The first-order valence-corrected chi connectivity index (χ1v) is 4.86. The first kappa shape index (κ1) is 9.59. The van der Waals surface area contributed by atoms with E-state index in [1.54, 1.807) is 12.1 Å². The second kappa shape index (κ2) is 3.18. The normalized spacial score (nSPS) is 11.1. The lowest BCUT2D eigenvalue weighted by Gasteiger charge is -1.98. The minimum atomic E-state index is -0.801. The standard InChI is InChI=1S/C11H7N3O3/c12-10(15)6-1-5-2-7-8(14-4-13-7)3-9(5)17-11(6)16/h1-4H,(H2,12,15)(H,13,14). The van der Waals surface area contributed by atoms with E-state index >= 15 is 0 Å². The highest BCUT2D eigenvalue weighted by molar-refractivity contribution is 5.98. The van der Waals surface area contributed by atoms with Gasteiger partial charge in [-0.15, -0.1) is 0 Å². The fourth-order valence-corrected chi connectivity index (χ4v) is 1.72. The first-order chi connectivity index (χ1) is 8.15. The molecule has 17 heavy (non-hydrogen) atoms. The number of fused-ring (bicyclic) bond motifs is 2. The van der Waals surface area contributed by atoms with Crippen LogP contribution in [0, 0.1) is 0 Å². The number of amides is 1. The molecular weight excluding hydrogens is 222 g/mol. The van der Waals surface area contributed by atoms with Crippen molar-refractivity contribution in [2.45, 2.75) is 0 Å². The summed E-state index contributed by atoms with van der Waals surface area (Å²) in [6.45, 7) is 0. The van der Waals surface area contributed by atoms with Gasteiger partial charge in [0, 0.05) is 11.5 Å². The molecule has 6 heteroatoms. The van der Waals surface area contributed by atoms with Gasteiger partial charge in [-0.3, -0.25) is 4.79 Å². The van der Waals surface area contributed by atoms with E-state index in [-0.39, 0.29) is 5.56 Å². The number of imidazole rings is 1. The Bertz CT molecular complexity index is 800. The Morgan fingerprint density at radius 2 is 2.18 bits per heavy atom. The van der Waals surface area contributed by atoms with Crippen LogP contribution in [-0.2, 0) is 0 Å². The predicted molar refractivity (Wildman–Crippen MR) is 60.7 cm³/mol. The van der Waals surface area contributed by atoms with Gasteiger partial charge in [-0.05, 0) is 12.1 Å². The number of H-pyrrole nitrogens is 1. The van der Waals surface area contributed by atoms with Gasteiger partial charge in [0.2, 0.25) is 0 Å². The number of benzene rings is 1. The molecule has 0 aliphatic rings. The molecule has 0 bridgehead atoms. The van der Waals surface area contributed by atoms with Crippen LogP contribution in [0.5, 0.6) is 0 Å². The van der Waals surface area contributed by atoms with E-state index in [4.69, 9.17) is 10.2 Å². The maximum absolute atomic E-state index is 11.5. The van der Waals surface area contributed by atoms with Crippen molar-refractivity contribution in [2.75, 3.05) is 0 Å². The topological polar surface area (TPSA) is 102 Å². The average molecular weight is 229 g/mol. The summed E-state index contributed by atoms with van der Waals surface area (Å²) >= 11 is 0. The summed E-state index contributed by atoms with van der Waals surface area (Å²) in [6.07, 6.45) is 1.54. The zero-order chi connectivity index (χ0) is 12.0. The largest absolute Gasteiger partial charge is 0.422 e. The SMILES string of the molecule is NC(=O)c1cc2cc3[nH]cnc3cc2oc1=O. The van der Waals surface area contributed by atoms with Crippen LogP contribution < -0.4 is 11.4 Å². The number of hydrogen-bond donors (Lipinski definition) is 2. The molecule has 0 aliphatic carbocycles. The number of rotatable bonds is 1. The monoisotopic (exact) mass is 229 g/mol. The van der Waals surface area contributed by atoms with Crippen LogP contribution in [0.1, 0.15) is 10.4 Å². The zero-order valence-electron chi connectivity index (χ0n) is 8.56. The Balaban J connectivity index is 2.45. The van der Waals surface area contributed by atoms with Gasteiger partial charge in [0.15, 0.2) is 0 Å². The molecule has 2 aromatic heterocycles. The number of aromatic nitrogens is 2. The lowest BCUT2D eigenvalue weighted by atomic mass is 10.1. The maximum Gasteiger partial charge on any atom is 0.349 e. The molecule has 1 amide bonds. The number of aromatic amines is 1. The van der Waals surface area contributed by atoms with Crippen LogP contribution in [0.15, 0.2) is 33.7 Å². The molecule has 0 spiro atoms. The molecule has 0 saturated heterocycles. The van der Waals surface area contributed by atoms with Crippen molar-refractivity contribution in [3.05, 3.63) is 40.5 Å². The van der Waals surface area contributed by atoms with Crippen LogP contribution in [-0.4, -0.2) is 15.9 Å². The van der Waals surface area contributed by atoms with E-state index in [1.807, 2.05) is 0 Å². The molecule has 0 radical (unpaired) electrons. The summed E-state index contributed by atoms with van der Waals surface area (Å²) in [5, 5.41) is 0.621. The van der Waals surface area contributed by atoms with E-state index in [0.29, 0.717) is 16.5 Å². The summed E-state index contributed by atoms with van der Waals surface area (Å²) in [7, 11) is 0. The van der Waals surface area contributed by atoms with E-state index < -0.39 is 11.5 Å². The van der Waals surface area contributed by atoms with Crippen LogP contribution >= 0.6 is 0 Å². The molecule has 3 rings (SSSR count). The minimum Gasteiger partial charge on any atom is -0.422 e. The van der Waals surface area contributed by atoms with Crippen molar-refractivity contribution in [2.24, 2.45) is 5.73 Å². The number of nitrogens with zero attached hydrogens (tertiary/aromatic N) is 1. The molecule has 0 saturated carbocycles. The molecule has 0 aliphatic heterocycles. The maximum atomic E-state index is 11.5. The molecule has 3 aromatic rings. The van der Waals surface area contributed by atoms with E-state index in [2.05, 4.69) is 9.97 Å². The molecule has 6 nitrogen and oxygen atoms in total. The quantitative estimate of drug-likeness (QED) is 0.601. The van der Waals surface area contributed by atoms with Gasteiger partial charge in [0.1, 0.15) is 11.1 Å². The molecule has 0 fully saturated rings. The van der Waals surface area contributed by atoms with Gasteiger partial charge >= 0.3 is 5.63 Å². The lowest BCUT2D eigenvalue weighted by Crippen LogP contribution is -2.20. The third-order valence-corrected chi connectivity index (χ3v) is 2.54. The van der Waals surface area contributed by atoms with Crippen LogP contribution in [0.4, 0.5) is 0 Å². The minimum absolute atomic E-state index is 0.156. The highest BCUT2D eigenvalue weighted by atomic mass is 16.4. The second-order valence-corrected chi connectivity index (χ2v) is 3.62. The van der Waals surface area contributed by atoms with Gasteiger partial charge in [-0.25, -0.2) is 9.78 Å². The van der Waals surface area contributed by atoms with Crippen molar-refractivity contribution in [1.82, 2.24) is 9.97 Å². The zero-order valence-corrected chi connectivity index (χ0v) is 8.56. The molecule has 0 unspecified atom stereocenters. The Morgan fingerprint density at radius 1 is 1.35 bits per heavy atom. The second-order valence-electron chi connectivity index (χ2n) is 3.62. The number of hydrogen-bond acceptors (Lipinski definition) is 4. The number of primary amides is 1. The van der Waals surface area contributed by atoms with Gasteiger partial charge in [-0.1, -0.05) is 0 Å². The van der Waals surface area contributed by atoms with Crippen molar-refractivity contribution in [3.63, 3.8) is 0 Å². The Kier molecular flexibility index (Phi) is 1.79. The van der Waals surface area contributed by atoms with Crippen molar-refractivity contribution < 1.29 is 9.21 Å². The fraction of sp³-hybridized carbons (Fsp3) is 0. The van der Waals surface area contributed by atoms with Crippen LogP contribution in [0.3, 0.4) is 0 Å². The predicted octanol–water partition coefficient (Wildman–Crippen LogP) is 0.768. The summed E-state index contributed by atoms with van der Waals surface area (Å²) in [5.74, 6) is -0.801. The Morgan fingerprint density at radius 3 is 2.94 bits per heavy atom. The van der Waals surface area contributed by atoms with Crippen molar-refractivity contribution in [1.29, 1.82) is 0 Å². The first-order valence-electron chi connectivity index (χ1n) is 4.86. The van der Waals surface area contributed by atoms with E-state index in [0.717, 1.165) is 5.52 Å². The molecule has 0 atom stereocenters. The van der Waals surface area contributed by atoms with Crippen LogP contribution in [0.25, 0.3) is 22.0 Å². The third-order valence-electron chi connectivity index (χ3n) is 2.54. The number of carbonyl (C=O) groups excluding carboxylic acids is 1. The van der Waals surface area contributed by atoms with Gasteiger partial charge in [0.05, 0.1) is 17.4 Å². The van der Waals surface area contributed by atoms with Gasteiger partial charge < -0.3 is 15.1 Å². The van der Waals surface area contributed by atoms with Gasteiger partial charge in [0.25, 0.3) is 5.91 Å². The highest BCUT2D eigenvalue weighted by Crippen LogP contribution is 2.19. The van der Waals surface area contributed by atoms with Crippen LogP contribution in [0.2, 0.25) is 0 Å². The average Bonchev–Trinajstić information content (AvgIpc) is 2.71. The fourth-order valence-electron chi connectivity index (χ4n) is 1.72. The number of nitrogens with two attached hydrogens (primary N) is 1. The molecule has 2 heterocycles. The summed E-state index contributed by atoms with van der Waals surface area (Å²) < 4.78 is 5.02. The Labute approximate surface area is 94.1 Å². The summed E-state index contributed by atoms with van der Waals surface area (Å²) in [6, 6.07) is 4.80. The molecular formula is C11H7N3O3. The lowest BCUT2D eigenvalue weighted by molar-refractivity contribution is 0.0997. The summed E-state index contributed by atoms with van der Waals surface area (Å²) in [4.78, 5) is 29.4. The molecule has 3 N–H and O–H groups in total. The third kappa shape index (κ3) is 1.38.